The van der Waals surface area contributed by atoms with E-state index in [1.807, 2.05) is 13.8 Å². The number of nitrogens with one attached hydrogen (secondary N) is 2. The van der Waals surface area contributed by atoms with Gasteiger partial charge in [0.2, 0.25) is 11.6 Å². The van der Waals surface area contributed by atoms with Gasteiger partial charge >= 0.3 is 5.97 Å². The number of carboxylic acid groups (broad SMARTS) is 1. The Morgan fingerprint density at radius 2 is 1.61 bits per heavy atom. The first-order valence-corrected chi connectivity index (χ1v) is 11.6. The summed E-state index contributed by atoms with van der Waals surface area (Å²) in [7, 11) is 0. The first kappa shape index (κ1) is 23.2. The molecule has 0 atom stereocenters. The Labute approximate surface area is 205 Å². The van der Waals surface area contributed by atoms with Crippen LogP contribution in [0.3, 0.4) is 0 Å². The summed E-state index contributed by atoms with van der Waals surface area (Å²) < 4.78 is 0. The number of H-pyrrole nitrogens is 2. The second-order valence-electron chi connectivity index (χ2n) is 9.33. The van der Waals surface area contributed by atoms with Crippen molar-refractivity contribution >= 4 is 50.5 Å². The fourth-order valence-corrected chi connectivity index (χ4v) is 4.73. The molecule has 0 amide bonds. The predicted molar refractivity (Wildman–Crippen MR) is 136 cm³/mol. The van der Waals surface area contributed by atoms with Crippen molar-refractivity contribution in [3.8, 4) is 0 Å². The van der Waals surface area contributed by atoms with Crippen molar-refractivity contribution < 1.29 is 29.7 Å². The van der Waals surface area contributed by atoms with Gasteiger partial charge in [-0.15, -0.1) is 0 Å². The van der Waals surface area contributed by atoms with Gasteiger partial charge in [0.1, 0.15) is 0 Å². The number of aromatic carboxylic acids is 1. The van der Waals surface area contributed by atoms with Crippen molar-refractivity contribution in [3.63, 3.8) is 0 Å². The molecule has 2 aromatic heterocycles. The van der Waals surface area contributed by atoms with Gasteiger partial charge in [0, 0.05) is 44.8 Å². The molecule has 2 aromatic carbocycles. The highest BCUT2D eigenvalue weighted by atomic mass is 16.4. The predicted octanol–water partition coefficient (Wildman–Crippen LogP) is 5.33. The van der Waals surface area contributed by atoms with Gasteiger partial charge in [-0.3, -0.25) is 9.59 Å². The van der Waals surface area contributed by atoms with Gasteiger partial charge in [0.15, 0.2) is 11.5 Å². The van der Waals surface area contributed by atoms with Gasteiger partial charge in [-0.2, -0.15) is 0 Å². The maximum atomic E-state index is 13.6. The number of Topliss-reactive ketones (excluding diaryl/α,β-unsaturated/α-hetero) is 2. The van der Waals surface area contributed by atoms with Gasteiger partial charge in [-0.25, -0.2) is 4.79 Å². The largest absolute Gasteiger partial charge is 0.504 e. The van der Waals surface area contributed by atoms with E-state index >= 15 is 0 Å². The van der Waals surface area contributed by atoms with Crippen molar-refractivity contribution in [1.29, 1.82) is 0 Å². The summed E-state index contributed by atoms with van der Waals surface area (Å²) in [6.45, 7) is 4.08. The molecule has 0 saturated carbocycles. The first-order valence-electron chi connectivity index (χ1n) is 11.6. The topological polar surface area (TPSA) is 143 Å². The van der Waals surface area contributed by atoms with Crippen molar-refractivity contribution in [2.75, 3.05) is 0 Å². The first-order chi connectivity index (χ1) is 17.2. The van der Waals surface area contributed by atoms with Crippen LogP contribution in [0, 0.1) is 5.92 Å². The van der Waals surface area contributed by atoms with Crippen LogP contribution in [0.15, 0.2) is 60.2 Å². The molecule has 36 heavy (non-hydrogen) atoms. The van der Waals surface area contributed by atoms with E-state index in [2.05, 4.69) is 9.97 Å². The fraction of sp³-hybridized carbons (Fsp3) is 0.179. The van der Waals surface area contributed by atoms with Crippen molar-refractivity contribution in [2.45, 2.75) is 26.7 Å². The molecule has 5 rings (SSSR count). The number of rotatable bonds is 6. The Bertz CT molecular complexity index is 1650. The third kappa shape index (κ3) is 3.58. The van der Waals surface area contributed by atoms with Crippen molar-refractivity contribution in [2.24, 2.45) is 5.92 Å². The van der Waals surface area contributed by atoms with Crippen LogP contribution in [-0.2, 0) is 16.0 Å². The van der Waals surface area contributed by atoms with Gasteiger partial charge in [-0.05, 0) is 43.0 Å². The number of aliphatic hydroxyl groups excluding tert-OH is 2. The van der Waals surface area contributed by atoms with E-state index in [0.717, 1.165) is 6.42 Å². The fourth-order valence-electron chi connectivity index (χ4n) is 4.73. The zero-order chi connectivity index (χ0) is 25.7. The maximum absolute atomic E-state index is 13.6. The highest BCUT2D eigenvalue weighted by molar-refractivity contribution is 6.48. The number of aryl methyl sites for hydroxylation is 1. The van der Waals surface area contributed by atoms with Crippen LogP contribution in [0.1, 0.15) is 47.4 Å². The zero-order valence-corrected chi connectivity index (χ0v) is 19.7. The summed E-state index contributed by atoms with van der Waals surface area (Å²) >= 11 is 0. The van der Waals surface area contributed by atoms with Crippen molar-refractivity contribution in [1.82, 2.24) is 9.97 Å². The second-order valence-corrected chi connectivity index (χ2v) is 9.33. The smallest absolute Gasteiger partial charge is 0.335 e. The van der Waals surface area contributed by atoms with Crippen LogP contribution in [0.25, 0.3) is 33.0 Å². The number of carboxylic acids is 1. The van der Waals surface area contributed by atoms with Gasteiger partial charge in [0.05, 0.1) is 16.7 Å². The van der Waals surface area contributed by atoms with E-state index in [0.29, 0.717) is 45.4 Å². The normalized spacial score (nSPS) is 14.6. The summed E-state index contributed by atoms with van der Waals surface area (Å²) in [6, 6.07) is 11.5. The Balaban J connectivity index is 1.72. The zero-order valence-electron chi connectivity index (χ0n) is 19.7. The molecule has 0 aliphatic heterocycles. The number of para-hydroxylation sites is 1. The van der Waals surface area contributed by atoms with E-state index in [9.17, 15) is 29.7 Å². The summed E-state index contributed by atoms with van der Waals surface area (Å²) in [5, 5.41) is 32.6. The van der Waals surface area contributed by atoms with Crippen LogP contribution in [0.2, 0.25) is 0 Å². The van der Waals surface area contributed by atoms with E-state index in [1.165, 1.54) is 18.3 Å². The van der Waals surface area contributed by atoms with Crippen LogP contribution in [0.4, 0.5) is 0 Å². The average Bonchev–Trinajstić information content (AvgIpc) is 3.43. The molecule has 8 nitrogen and oxygen atoms in total. The number of ketones is 2. The molecule has 0 unspecified atom stereocenters. The summed E-state index contributed by atoms with van der Waals surface area (Å²) in [4.78, 5) is 44.8. The molecular formula is C28H24N2O6. The third-order valence-electron chi connectivity index (χ3n) is 6.56. The maximum Gasteiger partial charge on any atom is 0.335 e. The number of benzene rings is 2. The lowest BCUT2D eigenvalue weighted by Crippen LogP contribution is -2.23. The number of aromatic amines is 2. The number of carbonyl (C=O) groups is 3. The highest BCUT2D eigenvalue weighted by Crippen LogP contribution is 2.40. The molecule has 0 saturated heterocycles. The number of fused-ring (bicyclic) bond motifs is 2. The second kappa shape index (κ2) is 8.57. The molecule has 1 aliphatic carbocycles. The lowest BCUT2D eigenvalue weighted by molar-refractivity contribution is -0.116. The van der Waals surface area contributed by atoms with E-state index in [-0.39, 0.29) is 22.3 Å². The molecule has 8 heteroatoms. The molecule has 1 aliphatic rings. The standard InChI is InChI=1S/C28H24N2O6/c1-13(2)7-9-20-21(16-11-14(28(35)36)8-10-19(16)30-20)23-26(33)24(31)22(25(32)27(23)34)17-12-29-18-6-4-3-5-15(17)18/h3-6,8,10-13,29-31,34H,7,9H2,1-2H3,(H,35,36). The molecule has 0 spiro atoms. The molecule has 0 fully saturated rings. The Morgan fingerprint density at radius 3 is 2.33 bits per heavy atom. The number of allylic oxidation sites excluding steroid dienone is 2. The highest BCUT2D eigenvalue weighted by Gasteiger charge is 2.39. The van der Waals surface area contributed by atoms with Crippen LogP contribution >= 0.6 is 0 Å². The van der Waals surface area contributed by atoms with Crippen LogP contribution < -0.4 is 0 Å². The SMILES string of the molecule is CC(C)CCc1[nH]c2ccc(C(=O)O)cc2c1C1=C(O)C(=O)C(c2c[nH]c3ccccc23)=C(O)C1=O. The lowest BCUT2D eigenvalue weighted by Gasteiger charge is -2.19. The van der Waals surface area contributed by atoms with E-state index < -0.39 is 29.1 Å². The summed E-state index contributed by atoms with van der Waals surface area (Å²) in [6.07, 6.45) is 2.74. The molecule has 5 N–H and O–H groups in total. The Hall–Kier alpha value is -4.59. The van der Waals surface area contributed by atoms with Gasteiger partial charge in [-0.1, -0.05) is 32.0 Å². The minimum Gasteiger partial charge on any atom is -0.504 e. The van der Waals surface area contributed by atoms with Gasteiger partial charge < -0.3 is 25.3 Å². The third-order valence-corrected chi connectivity index (χ3v) is 6.56. The minimum atomic E-state index is -1.15. The lowest BCUT2D eigenvalue weighted by atomic mass is 9.84. The number of hydrogen-bond acceptors (Lipinski definition) is 5. The number of carbonyl (C=O) groups excluding carboxylic acids is 2. The molecule has 0 bridgehead atoms. The molecular weight excluding hydrogens is 460 g/mol. The molecule has 0 radical (unpaired) electrons. The van der Waals surface area contributed by atoms with Crippen LogP contribution in [0.5, 0.6) is 0 Å². The Morgan fingerprint density at radius 1 is 0.917 bits per heavy atom. The van der Waals surface area contributed by atoms with Gasteiger partial charge in [0.25, 0.3) is 0 Å². The Kier molecular flexibility index (Phi) is 5.51. The minimum absolute atomic E-state index is 0.00733. The molecule has 2 heterocycles. The van der Waals surface area contributed by atoms with Crippen molar-refractivity contribution in [3.05, 3.63) is 82.6 Å². The van der Waals surface area contributed by atoms with Crippen LogP contribution in [-0.4, -0.2) is 42.8 Å². The number of aliphatic hydroxyl groups is 2. The summed E-state index contributed by atoms with van der Waals surface area (Å²) in [5.74, 6) is -4.17. The number of aromatic nitrogens is 2. The molecule has 182 valence electrons. The monoisotopic (exact) mass is 484 g/mol. The summed E-state index contributed by atoms with van der Waals surface area (Å²) in [5.41, 5.74) is 1.74. The van der Waals surface area contributed by atoms with E-state index in [1.54, 1.807) is 30.3 Å². The average molecular weight is 485 g/mol. The molecule has 4 aromatic rings. The quantitative estimate of drug-likeness (QED) is 0.234. The van der Waals surface area contributed by atoms with E-state index in [4.69, 9.17) is 0 Å². The number of hydrogen-bond donors (Lipinski definition) is 5.